The molecule has 0 aliphatic heterocycles. The highest BCUT2D eigenvalue weighted by molar-refractivity contribution is 6.25. The first-order valence-corrected chi connectivity index (χ1v) is 13.9. The first-order valence-electron chi connectivity index (χ1n) is 13.9. The molecule has 13 heteroatoms. The number of rotatable bonds is 6. The summed E-state index contributed by atoms with van der Waals surface area (Å²) in [6, 6.07) is 8.91. The number of aliphatic hydroxyl groups is 3. The number of amides is 2. The molecule has 5 rings (SSSR count). The highest BCUT2D eigenvalue weighted by atomic mass is 16.6. The van der Waals surface area contributed by atoms with E-state index >= 15 is 0 Å². The average Bonchev–Trinajstić information content (AvgIpc) is 2.94. The molecule has 2 amide bonds. The fraction of sp³-hybridized carbons (Fsp3) is 0.355. The third kappa shape index (κ3) is 4.64. The number of carbonyl (C=O) groups is 4. The molecule has 0 fully saturated rings. The summed E-state index contributed by atoms with van der Waals surface area (Å²) < 4.78 is 5.23. The predicted octanol–water partition coefficient (Wildman–Crippen LogP) is 1.48. The lowest BCUT2D eigenvalue weighted by Crippen LogP contribution is -2.63. The summed E-state index contributed by atoms with van der Waals surface area (Å²) in [6.07, 6.45) is -0.673. The molecule has 0 aromatic heterocycles. The first-order chi connectivity index (χ1) is 20.7. The van der Waals surface area contributed by atoms with Gasteiger partial charge < -0.3 is 41.1 Å². The minimum atomic E-state index is -2.73. The van der Waals surface area contributed by atoms with Crippen molar-refractivity contribution in [2.24, 2.45) is 17.6 Å². The molecule has 2 aromatic carbocycles. The molecule has 13 nitrogen and oxygen atoms in total. The van der Waals surface area contributed by atoms with Gasteiger partial charge in [-0.25, -0.2) is 4.79 Å². The van der Waals surface area contributed by atoms with E-state index in [1.54, 1.807) is 69.5 Å². The van der Waals surface area contributed by atoms with E-state index in [1.807, 2.05) is 0 Å². The number of ether oxygens (including phenoxy) is 1. The Hall–Kier alpha value is -4.88. The predicted molar refractivity (Wildman–Crippen MR) is 157 cm³/mol. The van der Waals surface area contributed by atoms with Crippen molar-refractivity contribution in [1.82, 2.24) is 10.2 Å². The summed E-state index contributed by atoms with van der Waals surface area (Å²) in [7, 11) is 6.63. The molecule has 0 unspecified atom stereocenters. The van der Waals surface area contributed by atoms with E-state index in [9.17, 15) is 39.6 Å². The second-order valence-electron chi connectivity index (χ2n) is 11.7. The quantitative estimate of drug-likeness (QED) is 0.260. The number of para-hydroxylation sites is 1. The van der Waals surface area contributed by atoms with Crippen molar-refractivity contribution >= 4 is 29.3 Å². The van der Waals surface area contributed by atoms with Crippen LogP contribution in [-0.2, 0) is 22.6 Å². The number of aliphatic hydroxyl groups excluding tert-OH is 2. The monoisotopic (exact) mass is 606 g/mol. The van der Waals surface area contributed by atoms with Crippen LogP contribution >= 0.6 is 0 Å². The lowest BCUT2D eigenvalue weighted by atomic mass is 9.58. The number of nitrogens with two attached hydrogens (primary N) is 1. The maximum atomic E-state index is 14.1. The summed E-state index contributed by atoms with van der Waals surface area (Å²) >= 11 is 0. The van der Waals surface area contributed by atoms with Crippen molar-refractivity contribution in [1.29, 1.82) is 0 Å². The molecule has 0 heterocycles. The molecule has 0 saturated carbocycles. The second kappa shape index (κ2) is 11.0. The number of benzene rings is 2. The van der Waals surface area contributed by atoms with Gasteiger partial charge in [0.15, 0.2) is 11.4 Å². The Kier molecular flexibility index (Phi) is 7.64. The summed E-state index contributed by atoms with van der Waals surface area (Å²) in [4.78, 5) is 55.4. The van der Waals surface area contributed by atoms with Crippen molar-refractivity contribution in [2.45, 2.75) is 31.0 Å². The van der Waals surface area contributed by atoms with Crippen LogP contribution in [0.4, 0.5) is 10.5 Å². The summed E-state index contributed by atoms with van der Waals surface area (Å²) in [5, 5.41) is 48.1. The molecule has 0 radical (unpaired) electrons. The zero-order valence-corrected chi connectivity index (χ0v) is 24.6. The fourth-order valence-corrected chi connectivity index (χ4v) is 6.69. The lowest BCUT2D eigenvalue weighted by Gasteiger charge is -2.50. The van der Waals surface area contributed by atoms with Gasteiger partial charge in [-0.15, -0.1) is 0 Å². The summed E-state index contributed by atoms with van der Waals surface area (Å²) in [5.74, 6) is -6.95. The van der Waals surface area contributed by atoms with Crippen LogP contribution in [0.1, 0.15) is 27.9 Å². The van der Waals surface area contributed by atoms with E-state index in [2.05, 4.69) is 5.32 Å². The number of nitrogens with zero attached hydrogens (tertiary/aromatic N) is 2. The molecule has 4 atom stereocenters. The molecule has 0 bridgehead atoms. The maximum Gasteiger partial charge on any atom is 0.412 e. The second-order valence-corrected chi connectivity index (χ2v) is 11.7. The largest absolute Gasteiger partial charge is 0.510 e. The van der Waals surface area contributed by atoms with Crippen molar-refractivity contribution in [3.05, 3.63) is 75.8 Å². The van der Waals surface area contributed by atoms with Crippen molar-refractivity contribution in [3.8, 4) is 11.5 Å². The third-order valence-electron chi connectivity index (χ3n) is 8.64. The molecule has 2 aromatic rings. The number of hydrogen-bond donors (Lipinski definition) is 6. The first kappa shape index (κ1) is 30.6. The van der Waals surface area contributed by atoms with Crippen LogP contribution in [0, 0.1) is 11.8 Å². The third-order valence-corrected chi connectivity index (χ3v) is 8.64. The number of ketones is 2. The Morgan fingerprint density at radius 2 is 1.75 bits per heavy atom. The number of Topliss-reactive ketones (excluding diaryl/α,β-unsaturated/α-hetero) is 2. The highest BCUT2D eigenvalue weighted by Crippen LogP contribution is 2.53. The minimum absolute atomic E-state index is 0.0198. The number of phenols is 1. The number of fused-ring (bicyclic) bond motifs is 3. The van der Waals surface area contributed by atoms with Crippen LogP contribution in [0.5, 0.6) is 11.5 Å². The molecule has 232 valence electrons. The van der Waals surface area contributed by atoms with Gasteiger partial charge in [-0.2, -0.15) is 0 Å². The molecule has 3 aliphatic rings. The molecule has 7 N–H and O–H groups in total. The van der Waals surface area contributed by atoms with Gasteiger partial charge in [0.25, 0.3) is 5.91 Å². The Bertz CT molecular complexity index is 1650. The Morgan fingerprint density at radius 1 is 1.09 bits per heavy atom. The number of likely N-dealkylation sites (N-methyl/N-ethyl adjacent to an activating group) is 1. The van der Waals surface area contributed by atoms with Crippen LogP contribution in [-0.4, -0.2) is 88.7 Å². The number of anilines is 1. The van der Waals surface area contributed by atoms with Gasteiger partial charge >= 0.3 is 6.09 Å². The van der Waals surface area contributed by atoms with Crippen LogP contribution < -0.4 is 20.7 Å². The van der Waals surface area contributed by atoms with Gasteiger partial charge in [-0.05, 0) is 56.6 Å². The van der Waals surface area contributed by atoms with E-state index in [1.165, 1.54) is 4.90 Å². The van der Waals surface area contributed by atoms with Gasteiger partial charge in [0.1, 0.15) is 28.6 Å². The maximum absolute atomic E-state index is 14.1. The highest BCUT2D eigenvalue weighted by Gasteiger charge is 2.63. The van der Waals surface area contributed by atoms with E-state index in [0.29, 0.717) is 17.0 Å². The van der Waals surface area contributed by atoms with Gasteiger partial charge in [0.05, 0.1) is 11.6 Å². The van der Waals surface area contributed by atoms with Crippen molar-refractivity contribution in [2.75, 3.05) is 33.1 Å². The number of nitrogens with one attached hydrogen (secondary N) is 1. The topological polar surface area (TPSA) is 203 Å². The van der Waals surface area contributed by atoms with Crippen LogP contribution in [0.15, 0.2) is 59.1 Å². The smallest absolute Gasteiger partial charge is 0.412 e. The van der Waals surface area contributed by atoms with Crippen LogP contribution in [0.2, 0.25) is 0 Å². The molecular formula is C31H34N4O9. The summed E-state index contributed by atoms with van der Waals surface area (Å²) in [6.45, 7) is -0.214. The SMILES string of the molecule is CN(C)c1cc(CNC(=O)Oc2ccccc2)c(O)c2c1C[C@H]1C[C@H]3[C@@H](N(C)C)C(O)=C(C(N)=O)C(=O)[C@@]3(O)C(O)=C1C2=O. The molecular weight excluding hydrogens is 572 g/mol. The van der Waals surface area contributed by atoms with Crippen LogP contribution in [0.25, 0.3) is 0 Å². The van der Waals surface area contributed by atoms with Gasteiger partial charge in [0.2, 0.25) is 5.78 Å². The summed E-state index contributed by atoms with van der Waals surface area (Å²) in [5.41, 5.74) is 2.60. The number of primary amides is 1. The van der Waals surface area contributed by atoms with Gasteiger partial charge in [-0.3, -0.25) is 19.3 Å². The Morgan fingerprint density at radius 3 is 2.34 bits per heavy atom. The normalized spacial score (nSPS) is 24.5. The van der Waals surface area contributed by atoms with Crippen molar-refractivity contribution < 1.29 is 44.3 Å². The zero-order chi connectivity index (χ0) is 32.2. The van der Waals surface area contributed by atoms with E-state index in [-0.39, 0.29) is 36.1 Å². The zero-order valence-electron chi connectivity index (χ0n) is 24.6. The molecule has 3 aliphatic carbocycles. The average molecular weight is 607 g/mol. The van der Waals surface area contributed by atoms with E-state index in [4.69, 9.17) is 10.5 Å². The fourth-order valence-electron chi connectivity index (χ4n) is 6.69. The lowest BCUT2D eigenvalue weighted by molar-refractivity contribution is -0.148. The number of hydrogen-bond acceptors (Lipinski definition) is 11. The Labute approximate surface area is 252 Å². The molecule has 44 heavy (non-hydrogen) atoms. The van der Waals surface area contributed by atoms with Crippen molar-refractivity contribution in [3.63, 3.8) is 0 Å². The number of allylic oxidation sites excluding steroid dienone is 1. The molecule has 0 saturated heterocycles. The van der Waals surface area contributed by atoms with Crippen LogP contribution in [0.3, 0.4) is 0 Å². The molecule has 0 spiro atoms. The Balaban J connectivity index is 1.58. The minimum Gasteiger partial charge on any atom is -0.510 e. The van der Waals surface area contributed by atoms with E-state index in [0.717, 1.165) is 0 Å². The van der Waals surface area contributed by atoms with E-state index < -0.39 is 69.9 Å². The number of aromatic hydroxyl groups is 1. The van der Waals surface area contributed by atoms with Gasteiger partial charge in [-0.1, -0.05) is 18.2 Å². The number of carbonyl (C=O) groups excluding carboxylic acids is 4. The van der Waals surface area contributed by atoms with Gasteiger partial charge in [0, 0.05) is 43.4 Å². The number of phenolic OH excluding ortho intramolecular Hbond substituents is 1. The standard InChI is InChI=1S/C31H34N4O9/c1-34(2)19-12-15(13-33-30(42)44-16-8-6-5-7-9-16)24(36)21-17(19)10-14-11-18-23(35(3)4)26(38)22(29(32)41)28(40)31(18,43)27(39)20(14)25(21)37/h5-9,12,14,18,23,36,38-39,43H,10-11,13H2,1-4H3,(H2,32,41)(H,33,42)/t14-,18-,23+,31-/m0/s1.